The van der Waals surface area contributed by atoms with Crippen LogP contribution in [0.3, 0.4) is 0 Å². The quantitative estimate of drug-likeness (QED) is 0.854. The standard InChI is InChI=1S/C15H23N3O/c1-11(14-9-5-6-10-16-14)17-12(2)15(19)18-13-7-3-4-8-13/h5-6,9-13,17H,3-4,7-8H2,1-2H3,(H,18,19). The molecule has 1 heterocycles. The third-order valence-corrected chi connectivity index (χ3v) is 3.73. The van der Waals surface area contributed by atoms with Gasteiger partial charge in [-0.3, -0.25) is 15.1 Å². The second kappa shape index (κ2) is 6.66. The van der Waals surface area contributed by atoms with Gasteiger partial charge in [-0.2, -0.15) is 0 Å². The van der Waals surface area contributed by atoms with Gasteiger partial charge in [0.25, 0.3) is 0 Å². The maximum absolute atomic E-state index is 12.1. The number of nitrogens with zero attached hydrogens (tertiary/aromatic N) is 1. The molecule has 4 heteroatoms. The minimum Gasteiger partial charge on any atom is -0.352 e. The fourth-order valence-electron chi connectivity index (χ4n) is 2.56. The number of carbonyl (C=O) groups excluding carboxylic acids is 1. The Morgan fingerprint density at radius 1 is 1.32 bits per heavy atom. The van der Waals surface area contributed by atoms with Crippen LogP contribution in [0.25, 0.3) is 0 Å². The molecule has 4 nitrogen and oxygen atoms in total. The summed E-state index contributed by atoms with van der Waals surface area (Å²) in [6.45, 7) is 3.94. The molecule has 2 rings (SSSR count). The second-order valence-electron chi connectivity index (χ2n) is 5.35. The van der Waals surface area contributed by atoms with Crippen molar-refractivity contribution >= 4 is 5.91 Å². The molecule has 1 aliphatic rings. The van der Waals surface area contributed by atoms with Gasteiger partial charge in [0, 0.05) is 18.3 Å². The first-order chi connectivity index (χ1) is 9.16. The van der Waals surface area contributed by atoms with Gasteiger partial charge in [-0.05, 0) is 38.8 Å². The Bertz CT molecular complexity index is 401. The van der Waals surface area contributed by atoms with E-state index in [9.17, 15) is 4.79 Å². The molecule has 1 aromatic rings. The molecule has 0 aliphatic heterocycles. The van der Waals surface area contributed by atoms with Crippen molar-refractivity contribution in [3.8, 4) is 0 Å². The fourth-order valence-corrected chi connectivity index (χ4v) is 2.56. The van der Waals surface area contributed by atoms with Crippen LogP contribution in [0.2, 0.25) is 0 Å². The molecule has 1 aromatic heterocycles. The highest BCUT2D eigenvalue weighted by Gasteiger charge is 2.21. The first kappa shape index (κ1) is 14.0. The molecule has 1 saturated carbocycles. The SMILES string of the molecule is CC(NC(C)c1ccccn1)C(=O)NC1CCCC1. The van der Waals surface area contributed by atoms with Crippen molar-refractivity contribution in [1.29, 1.82) is 0 Å². The fraction of sp³-hybridized carbons (Fsp3) is 0.600. The van der Waals surface area contributed by atoms with Gasteiger partial charge in [0.15, 0.2) is 0 Å². The zero-order valence-corrected chi connectivity index (χ0v) is 11.7. The lowest BCUT2D eigenvalue weighted by atomic mass is 10.1. The first-order valence-electron chi connectivity index (χ1n) is 7.14. The molecular formula is C15H23N3O. The number of nitrogens with one attached hydrogen (secondary N) is 2. The van der Waals surface area contributed by atoms with E-state index in [0.717, 1.165) is 18.5 Å². The molecule has 0 saturated heterocycles. The van der Waals surface area contributed by atoms with Gasteiger partial charge >= 0.3 is 0 Å². The van der Waals surface area contributed by atoms with Gasteiger partial charge in [0.2, 0.25) is 5.91 Å². The Morgan fingerprint density at radius 2 is 2.05 bits per heavy atom. The summed E-state index contributed by atoms with van der Waals surface area (Å²) in [5.74, 6) is 0.0923. The van der Waals surface area contributed by atoms with Gasteiger partial charge in [-0.1, -0.05) is 18.9 Å². The zero-order valence-electron chi connectivity index (χ0n) is 11.7. The molecule has 0 bridgehead atoms. The lowest BCUT2D eigenvalue weighted by Gasteiger charge is -2.21. The summed E-state index contributed by atoms with van der Waals surface area (Å²) in [5, 5.41) is 6.41. The molecule has 1 amide bonds. The summed E-state index contributed by atoms with van der Waals surface area (Å²) in [7, 11) is 0. The van der Waals surface area contributed by atoms with E-state index < -0.39 is 0 Å². The molecule has 19 heavy (non-hydrogen) atoms. The van der Waals surface area contributed by atoms with E-state index in [1.54, 1.807) is 6.20 Å². The predicted molar refractivity (Wildman–Crippen MR) is 75.6 cm³/mol. The highest BCUT2D eigenvalue weighted by molar-refractivity contribution is 5.81. The monoisotopic (exact) mass is 261 g/mol. The molecule has 1 aliphatic carbocycles. The van der Waals surface area contributed by atoms with Crippen LogP contribution in [-0.4, -0.2) is 23.0 Å². The summed E-state index contributed by atoms with van der Waals surface area (Å²) < 4.78 is 0. The lowest BCUT2D eigenvalue weighted by molar-refractivity contribution is -0.123. The lowest BCUT2D eigenvalue weighted by Crippen LogP contribution is -2.46. The van der Waals surface area contributed by atoms with Crippen molar-refractivity contribution in [2.24, 2.45) is 0 Å². The van der Waals surface area contributed by atoms with Crippen LogP contribution in [0.1, 0.15) is 51.3 Å². The largest absolute Gasteiger partial charge is 0.352 e. The molecule has 2 N–H and O–H groups in total. The summed E-state index contributed by atoms with van der Waals surface area (Å²) in [4.78, 5) is 16.4. The van der Waals surface area contributed by atoms with Crippen LogP contribution in [0.5, 0.6) is 0 Å². The maximum atomic E-state index is 12.1. The third kappa shape index (κ3) is 4.03. The van der Waals surface area contributed by atoms with Crippen LogP contribution < -0.4 is 10.6 Å². The van der Waals surface area contributed by atoms with Crippen molar-refractivity contribution in [3.05, 3.63) is 30.1 Å². The number of amides is 1. The van der Waals surface area contributed by atoms with Gasteiger partial charge in [0.1, 0.15) is 0 Å². The Kier molecular flexibility index (Phi) is 4.91. The van der Waals surface area contributed by atoms with Crippen molar-refractivity contribution in [3.63, 3.8) is 0 Å². The van der Waals surface area contributed by atoms with Crippen LogP contribution in [0.15, 0.2) is 24.4 Å². The zero-order chi connectivity index (χ0) is 13.7. The molecule has 0 spiro atoms. The Balaban J connectivity index is 1.82. The van der Waals surface area contributed by atoms with E-state index >= 15 is 0 Å². The van der Waals surface area contributed by atoms with Crippen LogP contribution in [0.4, 0.5) is 0 Å². The number of rotatable bonds is 5. The molecule has 1 fully saturated rings. The van der Waals surface area contributed by atoms with Crippen molar-refractivity contribution in [2.45, 2.75) is 57.7 Å². The number of hydrogen-bond donors (Lipinski definition) is 2. The summed E-state index contributed by atoms with van der Waals surface area (Å²) in [6, 6.07) is 6.08. The number of carbonyl (C=O) groups is 1. The van der Waals surface area contributed by atoms with Gasteiger partial charge in [-0.25, -0.2) is 0 Å². The average Bonchev–Trinajstić information content (AvgIpc) is 2.92. The third-order valence-electron chi connectivity index (χ3n) is 3.73. The second-order valence-corrected chi connectivity index (χ2v) is 5.35. The molecule has 104 valence electrons. The molecule has 2 unspecified atom stereocenters. The number of aromatic nitrogens is 1. The smallest absolute Gasteiger partial charge is 0.237 e. The minimum atomic E-state index is -0.197. The van der Waals surface area contributed by atoms with Crippen molar-refractivity contribution in [1.82, 2.24) is 15.6 Å². The predicted octanol–water partition coefficient (Wildman–Crippen LogP) is 2.18. The highest BCUT2D eigenvalue weighted by atomic mass is 16.2. The highest BCUT2D eigenvalue weighted by Crippen LogP contribution is 2.17. The van der Waals surface area contributed by atoms with E-state index in [2.05, 4.69) is 15.6 Å². The van der Waals surface area contributed by atoms with Crippen LogP contribution >= 0.6 is 0 Å². The topological polar surface area (TPSA) is 54.0 Å². The van der Waals surface area contributed by atoms with E-state index in [1.807, 2.05) is 32.0 Å². The van der Waals surface area contributed by atoms with Crippen LogP contribution in [0, 0.1) is 0 Å². The van der Waals surface area contributed by atoms with Crippen molar-refractivity contribution in [2.75, 3.05) is 0 Å². The minimum absolute atomic E-state index is 0.0746. The molecule has 2 atom stereocenters. The molecule has 0 radical (unpaired) electrons. The molecule has 0 aromatic carbocycles. The van der Waals surface area contributed by atoms with E-state index in [1.165, 1.54) is 12.8 Å². The summed E-state index contributed by atoms with van der Waals surface area (Å²) >= 11 is 0. The summed E-state index contributed by atoms with van der Waals surface area (Å²) in [5.41, 5.74) is 0.961. The average molecular weight is 261 g/mol. The van der Waals surface area contributed by atoms with Gasteiger partial charge in [0.05, 0.1) is 11.7 Å². The Morgan fingerprint density at radius 3 is 2.68 bits per heavy atom. The normalized spacial score (nSPS) is 19.1. The summed E-state index contributed by atoms with van der Waals surface area (Å²) in [6.07, 6.45) is 6.48. The van der Waals surface area contributed by atoms with E-state index in [0.29, 0.717) is 6.04 Å². The van der Waals surface area contributed by atoms with Gasteiger partial charge < -0.3 is 5.32 Å². The number of pyridine rings is 1. The Labute approximate surface area is 115 Å². The molecular weight excluding hydrogens is 238 g/mol. The van der Waals surface area contributed by atoms with Crippen molar-refractivity contribution < 1.29 is 4.79 Å². The van der Waals surface area contributed by atoms with Crippen LogP contribution in [-0.2, 0) is 4.79 Å². The number of hydrogen-bond acceptors (Lipinski definition) is 3. The Hall–Kier alpha value is -1.42. The van der Waals surface area contributed by atoms with E-state index in [4.69, 9.17) is 0 Å². The van der Waals surface area contributed by atoms with Gasteiger partial charge in [-0.15, -0.1) is 0 Å². The first-order valence-corrected chi connectivity index (χ1v) is 7.14. The van der Waals surface area contributed by atoms with E-state index in [-0.39, 0.29) is 18.0 Å². The maximum Gasteiger partial charge on any atom is 0.237 e.